The third-order valence-electron chi connectivity index (χ3n) is 6.23. The number of fused-ring (bicyclic) bond motifs is 2. The molecular weight excluding hydrogens is 460 g/mol. The van der Waals surface area contributed by atoms with Crippen LogP contribution in [0.5, 0.6) is 0 Å². The molecule has 1 saturated heterocycles. The van der Waals surface area contributed by atoms with Crippen molar-refractivity contribution in [3.63, 3.8) is 0 Å². The molecule has 0 atom stereocenters. The Labute approximate surface area is 198 Å². The predicted molar refractivity (Wildman–Crippen MR) is 127 cm³/mol. The standard InChI is InChI=1S/C23H25F2N7O3/c1-13-16-3-2-15(10-18(16)32(30-13)23(33)34)27-22-28-17-6-9-35-20(17)21(29-22)31-7-4-14(5-8-31)11-26-12-19(24)25/h2-3,6,9-10,14,19,26H,4-5,7-8,11-12H2,1H3,(H,33,34)(H,27,28,29). The third-order valence-corrected chi connectivity index (χ3v) is 6.23. The van der Waals surface area contributed by atoms with E-state index in [1.54, 1.807) is 25.3 Å². The second kappa shape index (κ2) is 9.45. The van der Waals surface area contributed by atoms with E-state index in [-0.39, 0.29) is 6.54 Å². The zero-order chi connectivity index (χ0) is 24.5. The van der Waals surface area contributed by atoms with Crippen molar-refractivity contribution in [2.75, 3.05) is 36.4 Å². The Morgan fingerprint density at radius 2 is 2.06 bits per heavy atom. The first-order valence-electron chi connectivity index (χ1n) is 11.4. The number of halogens is 2. The number of hydrogen-bond acceptors (Lipinski definition) is 8. The average Bonchev–Trinajstić information content (AvgIpc) is 3.43. The van der Waals surface area contributed by atoms with E-state index in [0.29, 0.717) is 52.2 Å². The number of aryl methyl sites for hydroxylation is 1. The largest absolute Gasteiger partial charge is 0.463 e. The first-order chi connectivity index (χ1) is 16.9. The number of hydrogen-bond donors (Lipinski definition) is 3. The van der Waals surface area contributed by atoms with Gasteiger partial charge in [-0.3, -0.25) is 0 Å². The Morgan fingerprint density at radius 3 is 2.80 bits per heavy atom. The summed E-state index contributed by atoms with van der Waals surface area (Å²) < 4.78 is 31.4. The first kappa shape index (κ1) is 23.0. The number of aromatic nitrogens is 4. The van der Waals surface area contributed by atoms with Crippen molar-refractivity contribution in [1.29, 1.82) is 0 Å². The molecule has 0 bridgehead atoms. The van der Waals surface area contributed by atoms with Gasteiger partial charge in [0, 0.05) is 30.2 Å². The van der Waals surface area contributed by atoms with Gasteiger partial charge in [0.05, 0.1) is 24.0 Å². The zero-order valence-electron chi connectivity index (χ0n) is 19.0. The number of carbonyl (C=O) groups is 1. The summed E-state index contributed by atoms with van der Waals surface area (Å²) in [7, 11) is 0. The second-order valence-electron chi connectivity index (χ2n) is 8.62. The van der Waals surface area contributed by atoms with E-state index in [1.165, 1.54) is 0 Å². The normalized spacial score (nSPS) is 14.9. The lowest BCUT2D eigenvalue weighted by atomic mass is 9.97. The Morgan fingerprint density at radius 1 is 1.26 bits per heavy atom. The Kier molecular flexibility index (Phi) is 6.20. The number of rotatable bonds is 7. The summed E-state index contributed by atoms with van der Waals surface area (Å²) in [6, 6.07) is 7.09. The molecule has 4 heterocycles. The van der Waals surface area contributed by atoms with Gasteiger partial charge in [-0.2, -0.15) is 14.8 Å². The number of nitrogens with one attached hydrogen (secondary N) is 2. The minimum Gasteiger partial charge on any atom is -0.463 e. The third kappa shape index (κ3) is 4.74. The van der Waals surface area contributed by atoms with Crippen molar-refractivity contribution in [3.05, 3.63) is 36.2 Å². The summed E-state index contributed by atoms with van der Waals surface area (Å²) in [5, 5.41) is 20.3. The topological polar surface area (TPSA) is 121 Å². The number of anilines is 3. The molecule has 184 valence electrons. The summed E-state index contributed by atoms with van der Waals surface area (Å²) in [6.45, 7) is 3.48. The molecule has 0 spiro atoms. The summed E-state index contributed by atoms with van der Waals surface area (Å²) in [6.07, 6.45) is -0.246. The van der Waals surface area contributed by atoms with Crippen molar-refractivity contribution in [3.8, 4) is 0 Å². The van der Waals surface area contributed by atoms with E-state index in [4.69, 9.17) is 9.40 Å². The van der Waals surface area contributed by atoms with Crippen LogP contribution in [0.15, 0.2) is 34.9 Å². The Bertz CT molecular complexity index is 1360. The summed E-state index contributed by atoms with van der Waals surface area (Å²) in [4.78, 5) is 22.9. The number of nitrogens with zero attached hydrogens (tertiary/aromatic N) is 5. The molecule has 5 rings (SSSR count). The molecule has 1 aromatic carbocycles. The minimum absolute atomic E-state index is 0.285. The Balaban J connectivity index is 1.37. The van der Waals surface area contributed by atoms with Gasteiger partial charge in [0.1, 0.15) is 5.52 Å². The molecule has 10 nitrogen and oxygen atoms in total. The molecule has 1 aliphatic rings. The number of carboxylic acid groups (broad SMARTS) is 1. The molecular formula is C23H25F2N7O3. The van der Waals surface area contributed by atoms with Gasteiger partial charge in [-0.05, 0) is 50.4 Å². The van der Waals surface area contributed by atoms with Crippen molar-refractivity contribution >= 4 is 45.5 Å². The molecule has 0 amide bonds. The van der Waals surface area contributed by atoms with Crippen LogP contribution < -0.4 is 15.5 Å². The number of furan rings is 1. The highest BCUT2D eigenvalue weighted by Gasteiger charge is 2.24. The summed E-state index contributed by atoms with van der Waals surface area (Å²) in [5.74, 6) is 1.34. The minimum atomic E-state index is -2.34. The van der Waals surface area contributed by atoms with E-state index < -0.39 is 12.5 Å². The van der Waals surface area contributed by atoms with Gasteiger partial charge >= 0.3 is 6.09 Å². The highest BCUT2D eigenvalue weighted by molar-refractivity contribution is 5.92. The number of piperidine rings is 1. The fourth-order valence-electron chi connectivity index (χ4n) is 4.49. The molecule has 35 heavy (non-hydrogen) atoms. The fourth-order valence-corrected chi connectivity index (χ4v) is 4.49. The van der Waals surface area contributed by atoms with Crippen LogP contribution in [0.1, 0.15) is 18.5 Å². The number of benzene rings is 1. The monoisotopic (exact) mass is 485 g/mol. The van der Waals surface area contributed by atoms with Crippen LogP contribution in [-0.2, 0) is 0 Å². The van der Waals surface area contributed by atoms with Gasteiger partial charge in [0.2, 0.25) is 5.95 Å². The lowest BCUT2D eigenvalue weighted by molar-refractivity contribution is 0.143. The Hall–Kier alpha value is -3.80. The quantitative estimate of drug-likeness (QED) is 0.353. The highest BCUT2D eigenvalue weighted by Crippen LogP contribution is 2.31. The van der Waals surface area contributed by atoms with E-state index in [1.807, 2.05) is 12.1 Å². The molecule has 3 N–H and O–H groups in total. The number of alkyl halides is 2. The van der Waals surface area contributed by atoms with E-state index in [0.717, 1.165) is 36.0 Å². The molecule has 0 saturated carbocycles. The van der Waals surface area contributed by atoms with Crippen LogP contribution >= 0.6 is 0 Å². The van der Waals surface area contributed by atoms with Crippen LogP contribution in [0.3, 0.4) is 0 Å². The van der Waals surface area contributed by atoms with E-state index in [9.17, 15) is 18.7 Å². The molecule has 4 aromatic rings. The van der Waals surface area contributed by atoms with Gasteiger partial charge in [-0.15, -0.1) is 0 Å². The second-order valence-corrected chi connectivity index (χ2v) is 8.62. The van der Waals surface area contributed by atoms with Gasteiger partial charge in [0.15, 0.2) is 11.4 Å². The maximum absolute atomic E-state index is 12.4. The lowest BCUT2D eigenvalue weighted by Gasteiger charge is -2.33. The predicted octanol–water partition coefficient (Wildman–Crippen LogP) is 4.22. The lowest BCUT2D eigenvalue weighted by Crippen LogP contribution is -2.38. The van der Waals surface area contributed by atoms with E-state index >= 15 is 0 Å². The van der Waals surface area contributed by atoms with Crippen LogP contribution in [0.4, 0.5) is 31.0 Å². The van der Waals surface area contributed by atoms with Crippen LogP contribution in [0.25, 0.3) is 22.0 Å². The van der Waals surface area contributed by atoms with Crippen molar-refractivity contribution < 1.29 is 23.1 Å². The molecule has 0 unspecified atom stereocenters. The molecule has 1 fully saturated rings. The van der Waals surface area contributed by atoms with Crippen LogP contribution in [0, 0.1) is 12.8 Å². The van der Waals surface area contributed by atoms with E-state index in [2.05, 4.69) is 25.6 Å². The zero-order valence-corrected chi connectivity index (χ0v) is 19.0. The van der Waals surface area contributed by atoms with Gasteiger partial charge in [0.25, 0.3) is 6.43 Å². The van der Waals surface area contributed by atoms with Crippen molar-refractivity contribution in [1.82, 2.24) is 25.1 Å². The van der Waals surface area contributed by atoms with Crippen LogP contribution in [0.2, 0.25) is 0 Å². The average molecular weight is 485 g/mol. The van der Waals surface area contributed by atoms with Gasteiger partial charge in [-0.25, -0.2) is 18.6 Å². The van der Waals surface area contributed by atoms with Crippen LogP contribution in [-0.4, -0.2) is 63.6 Å². The first-order valence-corrected chi connectivity index (χ1v) is 11.4. The van der Waals surface area contributed by atoms with Crippen molar-refractivity contribution in [2.45, 2.75) is 26.2 Å². The highest BCUT2D eigenvalue weighted by atomic mass is 19.3. The SMILES string of the molecule is Cc1nn(C(=O)O)c2cc(Nc3nc(N4CCC(CNCC(F)F)CC4)c4occc4n3)ccc12. The summed E-state index contributed by atoms with van der Waals surface area (Å²) in [5.41, 5.74) is 2.94. The smallest absolute Gasteiger partial charge is 0.432 e. The summed E-state index contributed by atoms with van der Waals surface area (Å²) >= 11 is 0. The maximum Gasteiger partial charge on any atom is 0.432 e. The maximum atomic E-state index is 12.4. The molecule has 12 heteroatoms. The molecule has 0 radical (unpaired) electrons. The van der Waals surface area contributed by atoms with Crippen molar-refractivity contribution in [2.24, 2.45) is 5.92 Å². The fraction of sp³-hybridized carbons (Fsp3) is 0.391. The van der Waals surface area contributed by atoms with Gasteiger partial charge < -0.3 is 25.1 Å². The molecule has 1 aliphatic heterocycles. The van der Waals surface area contributed by atoms with Gasteiger partial charge in [-0.1, -0.05) is 0 Å². The molecule has 0 aliphatic carbocycles. The molecule has 3 aromatic heterocycles.